The topological polar surface area (TPSA) is 12.5 Å². The molecule has 2 unspecified atom stereocenters. The summed E-state index contributed by atoms with van der Waals surface area (Å²) in [4.78, 5) is 2.56. The monoisotopic (exact) mass is 333 g/mol. The highest BCUT2D eigenvalue weighted by molar-refractivity contribution is 6.31. The predicted octanol–water partition coefficient (Wildman–Crippen LogP) is 4.82. The van der Waals surface area contributed by atoms with Gasteiger partial charge in [0, 0.05) is 24.7 Å². The van der Waals surface area contributed by atoms with Crippen molar-refractivity contribution in [2.45, 2.75) is 50.4 Å². The van der Waals surface area contributed by atoms with Gasteiger partial charge in [-0.2, -0.15) is 0 Å². The molecule has 1 saturated heterocycles. The number of halogens is 1. The lowest BCUT2D eigenvalue weighted by atomic mass is 9.83. The van der Waals surface area contributed by atoms with Crippen molar-refractivity contribution in [1.29, 1.82) is 0 Å². The molecule has 0 radical (unpaired) electrons. The van der Waals surface area contributed by atoms with E-state index in [-0.39, 0.29) is 0 Å². The van der Waals surface area contributed by atoms with Crippen molar-refractivity contribution in [3.05, 3.63) is 34.3 Å². The van der Waals surface area contributed by atoms with Crippen LogP contribution in [0.15, 0.2) is 18.2 Å². The Morgan fingerprint density at radius 2 is 1.87 bits per heavy atom. The highest BCUT2D eigenvalue weighted by atomic mass is 35.5. The molecule has 2 saturated carbocycles. The molecular weight excluding hydrogens is 306 g/mol. The lowest BCUT2D eigenvalue weighted by molar-refractivity contribution is 0.0355. The quantitative estimate of drug-likeness (QED) is 0.783. The first-order chi connectivity index (χ1) is 11.3. The van der Waals surface area contributed by atoms with E-state index in [2.05, 4.69) is 23.1 Å². The van der Waals surface area contributed by atoms with Crippen molar-refractivity contribution < 1.29 is 4.74 Å². The van der Waals surface area contributed by atoms with E-state index in [1.807, 2.05) is 0 Å². The molecule has 1 aliphatic heterocycles. The Morgan fingerprint density at radius 3 is 2.61 bits per heavy atom. The zero-order valence-electron chi connectivity index (χ0n) is 14.0. The number of benzene rings is 1. The molecule has 4 rings (SSSR count). The molecule has 1 heterocycles. The van der Waals surface area contributed by atoms with Gasteiger partial charge in [-0.15, -0.1) is 0 Å². The molecule has 0 aromatic heterocycles. The van der Waals surface area contributed by atoms with E-state index in [0.29, 0.717) is 5.92 Å². The molecule has 1 aromatic carbocycles. The van der Waals surface area contributed by atoms with Gasteiger partial charge in [-0.05, 0) is 54.2 Å². The second-order valence-electron chi connectivity index (χ2n) is 7.63. The van der Waals surface area contributed by atoms with E-state index in [1.165, 1.54) is 56.2 Å². The van der Waals surface area contributed by atoms with Crippen LogP contribution in [-0.2, 0) is 4.74 Å². The summed E-state index contributed by atoms with van der Waals surface area (Å²) in [7, 11) is 0. The van der Waals surface area contributed by atoms with Gasteiger partial charge in [-0.1, -0.05) is 43.0 Å². The smallest absolute Gasteiger partial charge is 0.0594 e. The molecule has 3 heteroatoms. The molecule has 2 atom stereocenters. The van der Waals surface area contributed by atoms with E-state index < -0.39 is 0 Å². The first-order valence-electron chi connectivity index (χ1n) is 9.40. The minimum atomic E-state index is 0.702. The Balaban J connectivity index is 1.37. The van der Waals surface area contributed by atoms with Crippen LogP contribution in [0.2, 0.25) is 5.02 Å². The van der Waals surface area contributed by atoms with Crippen molar-refractivity contribution in [3.63, 3.8) is 0 Å². The summed E-state index contributed by atoms with van der Waals surface area (Å²) >= 11 is 6.65. The molecule has 3 aliphatic rings. The zero-order valence-corrected chi connectivity index (χ0v) is 14.7. The molecule has 2 nitrogen and oxygen atoms in total. The van der Waals surface area contributed by atoms with Gasteiger partial charge in [-0.3, -0.25) is 4.90 Å². The average Bonchev–Trinajstić information content (AvgIpc) is 3.35. The van der Waals surface area contributed by atoms with E-state index in [4.69, 9.17) is 16.3 Å². The van der Waals surface area contributed by atoms with Crippen LogP contribution in [0.3, 0.4) is 0 Å². The molecule has 1 aromatic rings. The Labute approximate surface area is 145 Å². The third kappa shape index (κ3) is 3.75. The van der Waals surface area contributed by atoms with Crippen LogP contribution in [0.4, 0.5) is 0 Å². The number of ether oxygens (including phenoxy) is 1. The van der Waals surface area contributed by atoms with Gasteiger partial charge in [0.25, 0.3) is 0 Å². The van der Waals surface area contributed by atoms with Crippen LogP contribution in [0.5, 0.6) is 0 Å². The molecule has 2 aliphatic carbocycles. The summed E-state index contributed by atoms with van der Waals surface area (Å²) in [6.45, 7) is 5.24. The molecule has 0 bridgehead atoms. The van der Waals surface area contributed by atoms with Crippen molar-refractivity contribution >= 4 is 11.6 Å². The summed E-state index contributed by atoms with van der Waals surface area (Å²) in [5, 5.41) is 1.02. The van der Waals surface area contributed by atoms with E-state index in [1.54, 1.807) is 0 Å². The van der Waals surface area contributed by atoms with Gasteiger partial charge in [0.1, 0.15) is 0 Å². The van der Waals surface area contributed by atoms with Gasteiger partial charge in [0.15, 0.2) is 0 Å². The predicted molar refractivity (Wildman–Crippen MR) is 95.4 cm³/mol. The summed E-state index contributed by atoms with van der Waals surface area (Å²) < 4.78 is 5.44. The maximum absolute atomic E-state index is 6.65. The van der Waals surface area contributed by atoms with E-state index in [9.17, 15) is 0 Å². The van der Waals surface area contributed by atoms with Gasteiger partial charge in [0.05, 0.1) is 13.2 Å². The number of hydrogen-bond acceptors (Lipinski definition) is 2. The molecule has 0 spiro atoms. The highest BCUT2D eigenvalue weighted by Gasteiger charge is 2.39. The summed E-state index contributed by atoms with van der Waals surface area (Å²) in [6.07, 6.45) is 8.11. The lowest BCUT2D eigenvalue weighted by Gasteiger charge is -2.26. The van der Waals surface area contributed by atoms with Gasteiger partial charge >= 0.3 is 0 Å². The average molecular weight is 334 g/mol. The van der Waals surface area contributed by atoms with Gasteiger partial charge in [-0.25, -0.2) is 0 Å². The Morgan fingerprint density at radius 1 is 1.09 bits per heavy atom. The van der Waals surface area contributed by atoms with Crippen molar-refractivity contribution in [2.75, 3.05) is 32.8 Å². The summed E-state index contributed by atoms with van der Waals surface area (Å²) in [5.74, 6) is 2.26. The number of nitrogens with zero attached hydrogens (tertiary/aromatic N) is 1. The largest absolute Gasteiger partial charge is 0.379 e. The minimum Gasteiger partial charge on any atom is -0.379 e. The number of hydrogen-bond donors (Lipinski definition) is 0. The second-order valence-corrected chi connectivity index (χ2v) is 8.04. The molecule has 23 heavy (non-hydrogen) atoms. The number of morpholine rings is 1. The summed E-state index contributed by atoms with van der Waals surface area (Å²) in [5.41, 5.74) is 2.87. The normalized spacial score (nSPS) is 29.6. The molecule has 3 fully saturated rings. The van der Waals surface area contributed by atoms with Crippen LogP contribution < -0.4 is 0 Å². The van der Waals surface area contributed by atoms with Crippen LogP contribution in [0.25, 0.3) is 0 Å². The summed E-state index contributed by atoms with van der Waals surface area (Å²) in [6, 6.07) is 6.97. The first-order valence-corrected chi connectivity index (χ1v) is 9.78. The van der Waals surface area contributed by atoms with Crippen molar-refractivity contribution in [3.8, 4) is 0 Å². The van der Waals surface area contributed by atoms with Crippen LogP contribution in [0, 0.1) is 5.92 Å². The first kappa shape index (κ1) is 15.9. The Kier molecular flexibility index (Phi) is 4.93. The fourth-order valence-electron chi connectivity index (χ4n) is 4.49. The Hall–Kier alpha value is -0.570. The minimum absolute atomic E-state index is 0.702. The zero-order chi connectivity index (χ0) is 15.6. The van der Waals surface area contributed by atoms with E-state index in [0.717, 1.165) is 43.2 Å². The van der Waals surface area contributed by atoms with E-state index >= 15 is 0 Å². The standard InChI is InChI=1S/C20H28ClNO/c21-20-13-16(6-7-18(20)15-4-2-1-3-5-15)19-12-17(19)14-22-8-10-23-11-9-22/h6-7,13,15,17,19H,1-5,8-12,14H2. The molecular formula is C20H28ClNO. The maximum Gasteiger partial charge on any atom is 0.0594 e. The molecule has 0 amide bonds. The Bertz CT molecular complexity index is 534. The number of rotatable bonds is 4. The van der Waals surface area contributed by atoms with Gasteiger partial charge < -0.3 is 4.74 Å². The van der Waals surface area contributed by atoms with Crippen molar-refractivity contribution in [1.82, 2.24) is 4.90 Å². The van der Waals surface area contributed by atoms with Gasteiger partial charge in [0.2, 0.25) is 0 Å². The van der Waals surface area contributed by atoms with Crippen LogP contribution in [0.1, 0.15) is 61.5 Å². The highest BCUT2D eigenvalue weighted by Crippen LogP contribution is 2.49. The molecule has 0 N–H and O–H groups in total. The third-order valence-electron chi connectivity index (χ3n) is 6.02. The van der Waals surface area contributed by atoms with Crippen molar-refractivity contribution in [2.24, 2.45) is 5.92 Å². The van der Waals surface area contributed by atoms with Crippen LogP contribution in [-0.4, -0.2) is 37.7 Å². The fraction of sp³-hybridized carbons (Fsp3) is 0.700. The fourth-order valence-corrected chi connectivity index (χ4v) is 4.83. The molecule has 126 valence electrons. The third-order valence-corrected chi connectivity index (χ3v) is 6.34. The van der Waals surface area contributed by atoms with Crippen LogP contribution >= 0.6 is 11.6 Å². The maximum atomic E-state index is 6.65. The lowest BCUT2D eigenvalue weighted by Crippen LogP contribution is -2.37. The SMILES string of the molecule is Clc1cc(C2CC2CN2CCOCC2)ccc1C1CCCCC1. The second kappa shape index (κ2) is 7.13.